The first-order chi connectivity index (χ1) is 8.66. The molecule has 0 atom stereocenters. The number of halogens is 1. The molecule has 0 saturated carbocycles. The number of aromatic nitrogens is 1. The molecule has 0 radical (unpaired) electrons. The molecular formula is C15H17FN2. The fourth-order valence-corrected chi connectivity index (χ4v) is 1.72. The normalized spacial score (nSPS) is 10.9. The van der Waals surface area contributed by atoms with E-state index in [1.165, 1.54) is 6.07 Å². The van der Waals surface area contributed by atoms with Crippen LogP contribution >= 0.6 is 0 Å². The number of benzene rings is 1. The van der Waals surface area contributed by atoms with Gasteiger partial charge < -0.3 is 5.32 Å². The predicted octanol–water partition coefficient (Wildman–Crippen LogP) is 3.39. The number of nitrogens with one attached hydrogen (secondary N) is 1. The molecule has 18 heavy (non-hydrogen) atoms. The van der Waals surface area contributed by atoms with Crippen LogP contribution in [-0.2, 0) is 6.54 Å². The molecule has 0 amide bonds. The second kappa shape index (κ2) is 5.74. The summed E-state index contributed by atoms with van der Waals surface area (Å²) in [6.45, 7) is 4.91. The molecule has 3 heteroatoms. The van der Waals surface area contributed by atoms with Crippen molar-refractivity contribution >= 4 is 0 Å². The van der Waals surface area contributed by atoms with Gasteiger partial charge in [-0.05, 0) is 29.8 Å². The Labute approximate surface area is 107 Å². The first kappa shape index (κ1) is 12.7. The molecule has 0 aliphatic carbocycles. The second-order valence-electron chi connectivity index (χ2n) is 4.56. The van der Waals surface area contributed by atoms with Crippen molar-refractivity contribution in [2.75, 3.05) is 0 Å². The van der Waals surface area contributed by atoms with Crippen LogP contribution in [0.5, 0.6) is 0 Å². The quantitative estimate of drug-likeness (QED) is 0.891. The molecule has 1 N–H and O–H groups in total. The average molecular weight is 244 g/mol. The van der Waals surface area contributed by atoms with Gasteiger partial charge in [-0.2, -0.15) is 0 Å². The third-order valence-electron chi connectivity index (χ3n) is 2.69. The van der Waals surface area contributed by atoms with Gasteiger partial charge >= 0.3 is 0 Å². The molecule has 94 valence electrons. The number of pyridine rings is 1. The van der Waals surface area contributed by atoms with Crippen LogP contribution in [0, 0.1) is 5.82 Å². The number of nitrogens with zero attached hydrogens (tertiary/aromatic N) is 1. The minimum atomic E-state index is -0.234. The molecule has 0 fully saturated rings. The third kappa shape index (κ3) is 3.14. The zero-order valence-corrected chi connectivity index (χ0v) is 10.7. The smallest absolute Gasteiger partial charge is 0.132 e. The van der Waals surface area contributed by atoms with Gasteiger partial charge in [-0.25, -0.2) is 4.39 Å². The second-order valence-corrected chi connectivity index (χ2v) is 4.56. The summed E-state index contributed by atoms with van der Waals surface area (Å²) in [6, 6.07) is 11.1. The fraction of sp³-hybridized carbons (Fsp3) is 0.267. The Morgan fingerprint density at radius 2 is 2.06 bits per heavy atom. The minimum absolute atomic E-state index is 0.234. The van der Waals surface area contributed by atoms with E-state index in [-0.39, 0.29) is 5.82 Å². The van der Waals surface area contributed by atoms with E-state index in [9.17, 15) is 4.39 Å². The van der Waals surface area contributed by atoms with Crippen molar-refractivity contribution in [3.63, 3.8) is 0 Å². The largest absolute Gasteiger partial charge is 0.310 e. The SMILES string of the molecule is CC(C)NCc1ccc(F)c(-c2ccccn2)c1. The van der Waals surface area contributed by atoms with Crippen LogP contribution in [0.25, 0.3) is 11.3 Å². The Hall–Kier alpha value is -1.74. The number of hydrogen-bond acceptors (Lipinski definition) is 2. The summed E-state index contributed by atoms with van der Waals surface area (Å²) in [7, 11) is 0. The van der Waals surface area contributed by atoms with Crippen molar-refractivity contribution in [2.24, 2.45) is 0 Å². The summed E-state index contributed by atoms with van der Waals surface area (Å²) in [5, 5.41) is 3.32. The number of hydrogen-bond donors (Lipinski definition) is 1. The zero-order valence-electron chi connectivity index (χ0n) is 10.7. The van der Waals surface area contributed by atoms with E-state index in [0.29, 0.717) is 17.3 Å². The van der Waals surface area contributed by atoms with Crippen molar-refractivity contribution in [3.05, 3.63) is 54.0 Å². The van der Waals surface area contributed by atoms with E-state index in [0.717, 1.165) is 12.1 Å². The van der Waals surface area contributed by atoms with Gasteiger partial charge in [0.15, 0.2) is 0 Å². The molecule has 0 bridgehead atoms. The van der Waals surface area contributed by atoms with Crippen LogP contribution in [-0.4, -0.2) is 11.0 Å². The lowest BCUT2D eigenvalue weighted by atomic mass is 10.1. The Bertz CT molecular complexity index is 509. The summed E-state index contributed by atoms with van der Waals surface area (Å²) < 4.78 is 13.8. The van der Waals surface area contributed by atoms with Crippen LogP contribution < -0.4 is 5.32 Å². The first-order valence-electron chi connectivity index (χ1n) is 6.10. The fourth-order valence-electron chi connectivity index (χ4n) is 1.72. The molecule has 1 aromatic carbocycles. The van der Waals surface area contributed by atoms with Crippen molar-refractivity contribution in [3.8, 4) is 11.3 Å². The van der Waals surface area contributed by atoms with Crippen LogP contribution in [0.15, 0.2) is 42.6 Å². The highest BCUT2D eigenvalue weighted by Crippen LogP contribution is 2.21. The van der Waals surface area contributed by atoms with Gasteiger partial charge in [0, 0.05) is 24.3 Å². The molecule has 2 nitrogen and oxygen atoms in total. The molecule has 0 saturated heterocycles. The molecular weight excluding hydrogens is 227 g/mol. The lowest BCUT2D eigenvalue weighted by Crippen LogP contribution is -2.21. The van der Waals surface area contributed by atoms with Crippen LogP contribution in [0.1, 0.15) is 19.4 Å². The van der Waals surface area contributed by atoms with E-state index in [1.807, 2.05) is 24.3 Å². The molecule has 1 aromatic heterocycles. The van der Waals surface area contributed by atoms with Gasteiger partial charge in [-0.15, -0.1) is 0 Å². The van der Waals surface area contributed by atoms with Crippen molar-refractivity contribution in [2.45, 2.75) is 26.4 Å². The highest BCUT2D eigenvalue weighted by Gasteiger charge is 2.07. The van der Waals surface area contributed by atoms with Gasteiger partial charge in [0.25, 0.3) is 0 Å². The topological polar surface area (TPSA) is 24.9 Å². The van der Waals surface area contributed by atoms with E-state index < -0.39 is 0 Å². The molecule has 2 aromatic rings. The van der Waals surface area contributed by atoms with Crippen LogP contribution in [0.4, 0.5) is 4.39 Å². The lowest BCUT2D eigenvalue weighted by molar-refractivity contribution is 0.586. The highest BCUT2D eigenvalue weighted by atomic mass is 19.1. The summed E-state index contributed by atoms with van der Waals surface area (Å²) in [5.41, 5.74) is 2.28. The number of rotatable bonds is 4. The van der Waals surface area contributed by atoms with Crippen LogP contribution in [0.3, 0.4) is 0 Å². The maximum absolute atomic E-state index is 13.8. The van der Waals surface area contributed by atoms with E-state index in [4.69, 9.17) is 0 Å². The monoisotopic (exact) mass is 244 g/mol. The Morgan fingerprint density at radius 1 is 1.22 bits per heavy atom. The molecule has 2 rings (SSSR count). The van der Waals surface area contributed by atoms with E-state index in [1.54, 1.807) is 12.3 Å². The highest BCUT2D eigenvalue weighted by molar-refractivity contribution is 5.60. The van der Waals surface area contributed by atoms with E-state index in [2.05, 4.69) is 24.1 Å². The standard InChI is InChI=1S/C15H17FN2/c1-11(2)18-10-12-6-7-14(16)13(9-12)15-5-3-4-8-17-15/h3-9,11,18H,10H2,1-2H3. The molecule has 1 heterocycles. The van der Waals surface area contributed by atoms with Gasteiger partial charge in [-0.1, -0.05) is 26.0 Å². The van der Waals surface area contributed by atoms with Gasteiger partial charge in [-0.3, -0.25) is 4.98 Å². The lowest BCUT2D eigenvalue weighted by Gasteiger charge is -2.10. The third-order valence-corrected chi connectivity index (χ3v) is 2.69. The van der Waals surface area contributed by atoms with E-state index >= 15 is 0 Å². The average Bonchev–Trinajstić information content (AvgIpc) is 2.38. The summed E-state index contributed by atoms with van der Waals surface area (Å²) in [4.78, 5) is 4.19. The van der Waals surface area contributed by atoms with Crippen molar-refractivity contribution < 1.29 is 4.39 Å². The van der Waals surface area contributed by atoms with Gasteiger partial charge in [0.1, 0.15) is 5.82 Å². The minimum Gasteiger partial charge on any atom is -0.310 e. The van der Waals surface area contributed by atoms with Gasteiger partial charge in [0.05, 0.1) is 5.69 Å². The van der Waals surface area contributed by atoms with Gasteiger partial charge in [0.2, 0.25) is 0 Å². The predicted molar refractivity (Wildman–Crippen MR) is 71.6 cm³/mol. The Balaban J connectivity index is 2.27. The Morgan fingerprint density at radius 3 is 2.72 bits per heavy atom. The van der Waals surface area contributed by atoms with Crippen molar-refractivity contribution in [1.82, 2.24) is 10.3 Å². The Kier molecular flexibility index (Phi) is 4.05. The summed E-state index contributed by atoms with van der Waals surface area (Å²) in [6.07, 6.45) is 1.67. The first-order valence-corrected chi connectivity index (χ1v) is 6.10. The molecule has 0 spiro atoms. The maximum Gasteiger partial charge on any atom is 0.132 e. The van der Waals surface area contributed by atoms with Crippen molar-refractivity contribution in [1.29, 1.82) is 0 Å². The molecule has 0 aliphatic heterocycles. The summed E-state index contributed by atoms with van der Waals surface area (Å²) in [5.74, 6) is -0.234. The zero-order chi connectivity index (χ0) is 13.0. The molecule has 0 aliphatic rings. The summed E-state index contributed by atoms with van der Waals surface area (Å²) >= 11 is 0. The molecule has 0 unspecified atom stereocenters. The maximum atomic E-state index is 13.8. The van der Waals surface area contributed by atoms with Crippen LogP contribution in [0.2, 0.25) is 0 Å².